The number of ether oxygens (including phenoxy) is 1. The van der Waals surface area contributed by atoms with E-state index in [2.05, 4.69) is 37.1 Å². The molecule has 0 heterocycles. The van der Waals surface area contributed by atoms with Crippen molar-refractivity contribution in [3.8, 4) is 12.1 Å². The maximum absolute atomic E-state index is 9.03. The Labute approximate surface area is 149 Å². The third-order valence-electron chi connectivity index (χ3n) is 4.22. The summed E-state index contributed by atoms with van der Waals surface area (Å²) in [6.45, 7) is 6.28. The maximum atomic E-state index is 9.03. The van der Waals surface area contributed by atoms with E-state index < -0.39 is 0 Å². The second kappa shape index (κ2) is 8.87. The van der Waals surface area contributed by atoms with Gasteiger partial charge in [0.05, 0.1) is 6.61 Å². The van der Waals surface area contributed by atoms with Crippen molar-refractivity contribution in [1.29, 1.82) is 10.5 Å². The van der Waals surface area contributed by atoms with Gasteiger partial charge in [0, 0.05) is 25.9 Å². The van der Waals surface area contributed by atoms with Gasteiger partial charge in [-0.3, -0.25) is 0 Å². The lowest BCUT2D eigenvalue weighted by atomic mass is 9.99. The molecular formula is C21H23N3O. The quantitative estimate of drug-likeness (QED) is 0.552. The monoisotopic (exact) mass is 333 g/mol. The molecule has 25 heavy (non-hydrogen) atoms. The third-order valence-corrected chi connectivity index (χ3v) is 4.22. The molecule has 0 aliphatic carbocycles. The molecule has 128 valence electrons. The first-order valence-corrected chi connectivity index (χ1v) is 8.44. The molecule has 4 heteroatoms. The van der Waals surface area contributed by atoms with Crippen LogP contribution >= 0.6 is 0 Å². The van der Waals surface area contributed by atoms with Crippen molar-refractivity contribution in [1.82, 2.24) is 0 Å². The Balaban J connectivity index is 2.23. The highest BCUT2D eigenvalue weighted by atomic mass is 16.5. The van der Waals surface area contributed by atoms with Crippen LogP contribution in [-0.4, -0.2) is 26.8 Å². The summed E-state index contributed by atoms with van der Waals surface area (Å²) < 4.78 is 5.55. The number of nitrogens with zero attached hydrogens (tertiary/aromatic N) is 3. The summed E-state index contributed by atoms with van der Waals surface area (Å²) in [5.41, 5.74) is 2.91. The predicted molar refractivity (Wildman–Crippen MR) is 102 cm³/mol. The minimum atomic E-state index is 0.155. The van der Waals surface area contributed by atoms with Crippen LogP contribution in [0.15, 0.2) is 42.0 Å². The Morgan fingerprint density at radius 2 is 1.72 bits per heavy atom. The molecule has 4 nitrogen and oxygen atoms in total. The second-order valence-electron chi connectivity index (χ2n) is 6.00. The van der Waals surface area contributed by atoms with Crippen LogP contribution in [-0.2, 0) is 4.74 Å². The molecule has 2 aromatic carbocycles. The van der Waals surface area contributed by atoms with E-state index in [1.54, 1.807) is 6.92 Å². The lowest BCUT2D eigenvalue weighted by Gasteiger charge is -2.20. The van der Waals surface area contributed by atoms with Crippen LogP contribution in [0, 0.1) is 22.7 Å². The fraction of sp³-hybridized carbons (Fsp3) is 0.333. The molecule has 0 fully saturated rings. The summed E-state index contributed by atoms with van der Waals surface area (Å²) in [4.78, 5) is 2.18. The summed E-state index contributed by atoms with van der Waals surface area (Å²) in [7, 11) is 2.06. The molecule has 0 aromatic heterocycles. The molecule has 0 unspecified atom stereocenters. The highest BCUT2D eigenvalue weighted by molar-refractivity contribution is 5.89. The van der Waals surface area contributed by atoms with Gasteiger partial charge < -0.3 is 9.64 Å². The van der Waals surface area contributed by atoms with Gasteiger partial charge in [-0.15, -0.1) is 0 Å². The smallest absolute Gasteiger partial charge is 0.133 e. The fourth-order valence-electron chi connectivity index (χ4n) is 2.62. The molecule has 0 aliphatic heterocycles. The highest BCUT2D eigenvalue weighted by Crippen LogP contribution is 2.26. The van der Waals surface area contributed by atoms with Crippen molar-refractivity contribution in [2.75, 3.05) is 31.7 Å². The first-order chi connectivity index (χ1) is 12.1. The summed E-state index contributed by atoms with van der Waals surface area (Å²) in [6, 6.07) is 16.2. The molecule has 0 bridgehead atoms. The average Bonchev–Trinajstić information content (AvgIpc) is 2.65. The number of allylic oxidation sites excluding steroid dienone is 2. The normalized spacial score (nSPS) is 10.1. The van der Waals surface area contributed by atoms with Crippen molar-refractivity contribution in [3.05, 3.63) is 47.5 Å². The van der Waals surface area contributed by atoms with E-state index in [0.29, 0.717) is 5.57 Å². The lowest BCUT2D eigenvalue weighted by Crippen LogP contribution is -2.22. The molecule has 0 aliphatic rings. The number of anilines is 1. The zero-order valence-corrected chi connectivity index (χ0v) is 15.0. The van der Waals surface area contributed by atoms with Crippen LogP contribution in [0.3, 0.4) is 0 Å². The Kier molecular flexibility index (Phi) is 6.57. The van der Waals surface area contributed by atoms with Gasteiger partial charge in [0.2, 0.25) is 0 Å². The van der Waals surface area contributed by atoms with Crippen LogP contribution in [0.1, 0.15) is 25.8 Å². The van der Waals surface area contributed by atoms with Gasteiger partial charge in [0.15, 0.2) is 0 Å². The molecule has 0 saturated heterocycles. The van der Waals surface area contributed by atoms with Crippen molar-refractivity contribution in [2.45, 2.75) is 20.3 Å². The van der Waals surface area contributed by atoms with Gasteiger partial charge in [-0.05, 0) is 53.5 Å². The zero-order valence-electron chi connectivity index (χ0n) is 15.0. The fourth-order valence-corrected chi connectivity index (χ4v) is 2.62. The minimum absolute atomic E-state index is 0.155. The molecule has 2 aromatic rings. The van der Waals surface area contributed by atoms with Gasteiger partial charge in [-0.2, -0.15) is 10.5 Å². The van der Waals surface area contributed by atoms with E-state index in [1.807, 2.05) is 30.3 Å². The number of likely N-dealkylation sites (N-methyl/N-ethyl adjacent to an activating group) is 1. The second-order valence-corrected chi connectivity index (χ2v) is 6.00. The zero-order chi connectivity index (χ0) is 18.2. The average molecular weight is 333 g/mol. The van der Waals surface area contributed by atoms with Crippen LogP contribution < -0.4 is 4.90 Å². The van der Waals surface area contributed by atoms with E-state index in [-0.39, 0.29) is 5.57 Å². The number of hydrogen-bond donors (Lipinski definition) is 0. The Morgan fingerprint density at radius 3 is 2.40 bits per heavy atom. The molecule has 0 saturated carbocycles. The summed E-state index contributed by atoms with van der Waals surface area (Å²) in [6.07, 6.45) is 1.04. The van der Waals surface area contributed by atoms with Crippen LogP contribution in [0.25, 0.3) is 16.3 Å². The summed E-state index contributed by atoms with van der Waals surface area (Å²) >= 11 is 0. The molecule has 2 rings (SSSR count). The molecule has 0 spiro atoms. The van der Waals surface area contributed by atoms with E-state index in [0.717, 1.165) is 48.2 Å². The van der Waals surface area contributed by atoms with Crippen LogP contribution in [0.2, 0.25) is 0 Å². The number of fused-ring (bicyclic) bond motifs is 1. The van der Waals surface area contributed by atoms with E-state index >= 15 is 0 Å². The SMILES string of the molecule is CCCOCCN(C)c1ccc2cc(C(C)=C(C#N)C#N)ccc2c1. The number of benzene rings is 2. The van der Waals surface area contributed by atoms with Gasteiger partial charge >= 0.3 is 0 Å². The van der Waals surface area contributed by atoms with Gasteiger partial charge in [0.25, 0.3) is 0 Å². The maximum Gasteiger partial charge on any atom is 0.133 e. The Morgan fingerprint density at radius 1 is 1.04 bits per heavy atom. The molecule has 0 atom stereocenters. The molecule has 0 amide bonds. The summed E-state index contributed by atoms with van der Waals surface area (Å²) in [5, 5.41) is 20.3. The predicted octanol–water partition coefficient (Wildman–Crippen LogP) is 4.52. The highest BCUT2D eigenvalue weighted by Gasteiger charge is 2.07. The number of hydrogen-bond acceptors (Lipinski definition) is 4. The molecular weight excluding hydrogens is 310 g/mol. The van der Waals surface area contributed by atoms with Gasteiger partial charge in [0.1, 0.15) is 17.7 Å². The molecule has 0 N–H and O–H groups in total. The van der Waals surface area contributed by atoms with Crippen LogP contribution in [0.5, 0.6) is 0 Å². The van der Waals surface area contributed by atoms with Gasteiger partial charge in [-0.1, -0.05) is 25.1 Å². The van der Waals surface area contributed by atoms with E-state index in [4.69, 9.17) is 15.3 Å². The van der Waals surface area contributed by atoms with Crippen LogP contribution in [0.4, 0.5) is 5.69 Å². The first kappa shape index (κ1) is 18.5. The first-order valence-electron chi connectivity index (χ1n) is 8.44. The van der Waals surface area contributed by atoms with Crippen molar-refractivity contribution >= 4 is 22.0 Å². The minimum Gasteiger partial charge on any atom is -0.380 e. The van der Waals surface area contributed by atoms with Crippen molar-refractivity contribution in [2.24, 2.45) is 0 Å². The lowest BCUT2D eigenvalue weighted by molar-refractivity contribution is 0.141. The van der Waals surface area contributed by atoms with Crippen molar-refractivity contribution in [3.63, 3.8) is 0 Å². The summed E-state index contributed by atoms with van der Waals surface area (Å²) in [5.74, 6) is 0. The standard InChI is InChI=1S/C21H23N3O/c1-4-10-25-11-9-24(3)21-8-7-18-12-17(5-6-19(18)13-21)16(2)20(14-22)15-23/h5-8,12-13H,4,9-11H2,1-3H3. The van der Waals surface area contributed by atoms with Gasteiger partial charge in [-0.25, -0.2) is 0 Å². The topological polar surface area (TPSA) is 60.0 Å². The third kappa shape index (κ3) is 4.59. The largest absolute Gasteiger partial charge is 0.380 e. The Bertz CT molecular complexity index is 840. The number of nitriles is 2. The number of rotatable bonds is 7. The Hall–Kier alpha value is -2.82. The van der Waals surface area contributed by atoms with E-state index in [1.165, 1.54) is 0 Å². The molecule has 0 radical (unpaired) electrons. The van der Waals surface area contributed by atoms with E-state index in [9.17, 15) is 0 Å². The van der Waals surface area contributed by atoms with Crippen molar-refractivity contribution < 1.29 is 4.74 Å².